The maximum absolute atomic E-state index is 9.15. The number of para-hydroxylation sites is 2. The molecule has 12 aromatic rings. The van der Waals surface area contributed by atoms with Crippen molar-refractivity contribution in [1.82, 2.24) is 29.5 Å². The third-order valence-electron chi connectivity index (χ3n) is 12.7. The van der Waals surface area contributed by atoms with Crippen molar-refractivity contribution in [1.29, 1.82) is 5.41 Å². The highest BCUT2D eigenvalue weighted by molar-refractivity contribution is 6.17. The molecule has 0 saturated carbocycles. The van der Waals surface area contributed by atoms with Crippen LogP contribution in [0.1, 0.15) is 11.1 Å². The Morgan fingerprint density at radius 1 is 0.437 bits per heavy atom. The Bertz CT molecular complexity index is 3890. The first-order valence-corrected chi connectivity index (χ1v) is 23.3. The second kappa shape index (κ2) is 18.3. The molecule has 0 saturated heterocycles. The lowest BCUT2D eigenvalue weighted by Gasteiger charge is -2.15. The number of nitrogens with zero attached hydrogens (tertiary/aromatic N) is 6. The summed E-state index contributed by atoms with van der Waals surface area (Å²) in [5.41, 5.74) is 14.1. The van der Waals surface area contributed by atoms with Crippen LogP contribution in [0.3, 0.4) is 0 Å². The number of nitrogens with two attached hydrogens (primary N) is 1. The average Bonchev–Trinajstić information content (AvgIpc) is 3.77. The molecule has 9 aromatic carbocycles. The molecule has 10 heteroatoms. The van der Waals surface area contributed by atoms with Crippen molar-refractivity contribution in [3.63, 3.8) is 0 Å². The minimum absolute atomic E-state index is 0.339. The van der Waals surface area contributed by atoms with Gasteiger partial charge in [-0.3, -0.25) is 9.98 Å². The fourth-order valence-electron chi connectivity index (χ4n) is 9.27. The van der Waals surface area contributed by atoms with E-state index in [0.29, 0.717) is 34.8 Å². The van der Waals surface area contributed by atoms with E-state index in [1.165, 1.54) is 6.21 Å². The van der Waals surface area contributed by atoms with Gasteiger partial charge in [-0.05, 0) is 70.8 Å². The van der Waals surface area contributed by atoms with E-state index in [2.05, 4.69) is 112 Å². The van der Waals surface area contributed by atoms with Crippen LogP contribution in [0.5, 0.6) is 0 Å². The van der Waals surface area contributed by atoms with Gasteiger partial charge in [0, 0.05) is 50.3 Å². The third-order valence-corrected chi connectivity index (χ3v) is 12.7. The van der Waals surface area contributed by atoms with Crippen molar-refractivity contribution in [2.75, 3.05) is 10.6 Å². The lowest BCUT2D eigenvalue weighted by Crippen LogP contribution is -2.30. The lowest BCUT2D eigenvalue weighted by molar-refractivity contribution is -0.104. The molecule has 3 aromatic heterocycles. The van der Waals surface area contributed by atoms with Crippen LogP contribution in [-0.4, -0.2) is 41.9 Å². The van der Waals surface area contributed by atoms with Gasteiger partial charge in [0.05, 0.1) is 39.2 Å². The monoisotopic (exact) mass is 915 g/mol. The van der Waals surface area contributed by atoms with Crippen molar-refractivity contribution in [2.24, 2.45) is 0 Å². The van der Waals surface area contributed by atoms with Gasteiger partial charge in [-0.15, -0.1) is 0 Å². The predicted octanol–water partition coefficient (Wildman–Crippen LogP) is 12.9. The van der Waals surface area contributed by atoms with Crippen LogP contribution in [0, 0.1) is 5.41 Å². The van der Waals surface area contributed by atoms with E-state index in [0.717, 1.165) is 94.3 Å². The summed E-state index contributed by atoms with van der Waals surface area (Å²) in [4.78, 5) is 25.5. The molecule has 10 nitrogen and oxygen atoms in total. The molecule has 0 bridgehead atoms. The van der Waals surface area contributed by atoms with Crippen LogP contribution < -0.4 is 16.0 Å². The number of nitrogens with one attached hydrogen (secondary N) is 3. The molecule has 0 aliphatic rings. The summed E-state index contributed by atoms with van der Waals surface area (Å²) in [5.74, 6) is 1.85. The maximum atomic E-state index is 9.15. The highest BCUT2D eigenvalue weighted by Crippen LogP contribution is 2.40. The molecule has 0 amide bonds. The number of aromatic nitrogens is 6. The van der Waals surface area contributed by atoms with Crippen molar-refractivity contribution >= 4 is 68.1 Å². The van der Waals surface area contributed by atoms with E-state index in [-0.39, 0.29) is 0 Å². The Labute approximate surface area is 409 Å². The summed E-state index contributed by atoms with van der Waals surface area (Å²) in [7, 11) is 0. The van der Waals surface area contributed by atoms with Gasteiger partial charge in [-0.1, -0.05) is 170 Å². The minimum atomic E-state index is 0.339. The van der Waals surface area contributed by atoms with Crippen molar-refractivity contribution in [3.8, 4) is 62.2 Å². The SMILES string of the molecule is N=Cc1c(Nc2nc(-c3ccccc3)nc(-c3ccccc3)n2)ccc2c3cc(-c4ccc(Nc5ccccc5)c(C=[NH2+])c4)ccc3n(-c3nc(-c4ccc(-c5ccccc5)cc4)c4ccccc4n3)c12. The zero-order valence-electron chi connectivity index (χ0n) is 38.2. The van der Waals surface area contributed by atoms with Crippen LogP contribution >= 0.6 is 0 Å². The first kappa shape index (κ1) is 42.4. The molecule has 0 spiro atoms. The molecule has 0 unspecified atom stereocenters. The van der Waals surface area contributed by atoms with Gasteiger partial charge in [0.1, 0.15) is 0 Å². The lowest BCUT2D eigenvalue weighted by atomic mass is 9.99. The Balaban J connectivity index is 1.05. The maximum Gasteiger partial charge on any atom is 0.235 e. The summed E-state index contributed by atoms with van der Waals surface area (Å²) >= 11 is 0. The topological polar surface area (TPSA) is 143 Å². The standard InChI is InChI=1S/C61H42N10/c62-37-46-35-44(29-32-52(46)64-47-21-11-4-12-22-47)45-30-34-55-50(36-45)48-31-33-54(65-60-69-58(42-17-7-2-8-18-42)68-59(70-60)43-19-9-3-10-20-43)51(38-63)57(48)71(55)61-66-53-24-14-13-23-49(53)56(67-61)41-27-25-40(26-28-41)39-15-5-1-6-16-39/h1-38,62-64H,(H,65,68,69,70)/p+1. The smallest absolute Gasteiger partial charge is 0.235 e. The number of fused-ring (bicyclic) bond motifs is 4. The van der Waals surface area contributed by atoms with Crippen molar-refractivity contribution < 1.29 is 5.41 Å². The van der Waals surface area contributed by atoms with Crippen LogP contribution in [-0.2, 0) is 0 Å². The summed E-state index contributed by atoms with van der Waals surface area (Å²) in [5, 5.41) is 25.2. The Morgan fingerprint density at radius 3 is 1.68 bits per heavy atom. The molecule has 5 N–H and O–H groups in total. The second-order valence-corrected chi connectivity index (χ2v) is 17.1. The van der Waals surface area contributed by atoms with E-state index < -0.39 is 0 Å². The van der Waals surface area contributed by atoms with Gasteiger partial charge < -0.3 is 16.0 Å². The Hall–Kier alpha value is -9.93. The summed E-state index contributed by atoms with van der Waals surface area (Å²) in [6.45, 7) is 0. The van der Waals surface area contributed by atoms with Crippen LogP contribution in [0.15, 0.2) is 218 Å². The highest BCUT2D eigenvalue weighted by atomic mass is 15.2. The van der Waals surface area contributed by atoms with E-state index >= 15 is 0 Å². The number of benzene rings is 9. The van der Waals surface area contributed by atoms with Crippen LogP contribution in [0.2, 0.25) is 0 Å². The summed E-state index contributed by atoms with van der Waals surface area (Å²) in [6, 6.07) is 73.5. The van der Waals surface area contributed by atoms with Gasteiger partial charge in [0.15, 0.2) is 17.9 Å². The molecule has 71 heavy (non-hydrogen) atoms. The molecule has 336 valence electrons. The number of hydrogen-bond donors (Lipinski definition) is 4. The summed E-state index contributed by atoms with van der Waals surface area (Å²) < 4.78 is 2.08. The van der Waals surface area contributed by atoms with E-state index in [1.54, 1.807) is 6.21 Å². The van der Waals surface area contributed by atoms with Gasteiger partial charge in [-0.25, -0.2) is 15.0 Å². The normalized spacial score (nSPS) is 11.2. The predicted molar refractivity (Wildman–Crippen MR) is 289 cm³/mol. The largest absolute Gasteiger partial charge is 0.355 e. The fraction of sp³-hybridized carbons (Fsp3) is 0. The number of rotatable bonds is 12. The molecular formula is C61H43N10+. The molecule has 12 rings (SSSR count). The van der Waals surface area contributed by atoms with Gasteiger partial charge >= 0.3 is 0 Å². The van der Waals surface area contributed by atoms with Crippen molar-refractivity contribution in [2.45, 2.75) is 0 Å². The first-order valence-electron chi connectivity index (χ1n) is 23.3. The minimum Gasteiger partial charge on any atom is -0.355 e. The van der Waals surface area contributed by atoms with Crippen molar-refractivity contribution in [3.05, 3.63) is 230 Å². The van der Waals surface area contributed by atoms with Gasteiger partial charge in [0.25, 0.3) is 0 Å². The highest BCUT2D eigenvalue weighted by Gasteiger charge is 2.23. The van der Waals surface area contributed by atoms with Crippen LogP contribution in [0.4, 0.5) is 23.0 Å². The zero-order valence-corrected chi connectivity index (χ0v) is 38.2. The first-order chi connectivity index (χ1) is 35.1. The molecule has 0 fully saturated rings. The van der Waals surface area contributed by atoms with Gasteiger partial charge in [0.2, 0.25) is 11.9 Å². The van der Waals surface area contributed by atoms with E-state index in [1.807, 2.05) is 121 Å². The molecule has 0 aliphatic heterocycles. The van der Waals surface area contributed by atoms with Crippen LogP contribution in [0.25, 0.3) is 94.9 Å². The quantitative estimate of drug-likeness (QED) is 0.0894. The number of anilines is 4. The zero-order chi connectivity index (χ0) is 47.7. The van der Waals surface area contributed by atoms with E-state index in [9.17, 15) is 0 Å². The van der Waals surface area contributed by atoms with Gasteiger partial charge in [-0.2, -0.15) is 9.97 Å². The molecular weight excluding hydrogens is 873 g/mol. The molecule has 0 atom stereocenters. The third kappa shape index (κ3) is 8.11. The fourth-order valence-corrected chi connectivity index (χ4v) is 9.27. The van der Waals surface area contributed by atoms with E-state index in [4.69, 9.17) is 35.7 Å². The second-order valence-electron chi connectivity index (χ2n) is 17.1. The molecule has 3 heterocycles. The molecule has 0 radical (unpaired) electrons. The summed E-state index contributed by atoms with van der Waals surface area (Å²) in [6.07, 6.45) is 3.01. The Kier molecular flexibility index (Phi) is 10.9. The Morgan fingerprint density at radius 2 is 1.00 bits per heavy atom. The molecule has 0 aliphatic carbocycles. The average molecular weight is 916 g/mol. The number of hydrogen-bond acceptors (Lipinski definition) is 8.